The number of nitrogens with one attached hydrogen (secondary N) is 1. The number of nitrogens with zero attached hydrogens (tertiary/aromatic N) is 2. The van der Waals surface area contributed by atoms with Crippen molar-refractivity contribution in [1.29, 1.82) is 0 Å². The molecule has 1 aliphatic carbocycles. The molecule has 7 nitrogen and oxygen atoms in total. The van der Waals surface area contributed by atoms with E-state index in [2.05, 4.69) is 14.9 Å². The number of fused-ring (bicyclic) bond motifs is 1. The molecule has 0 saturated carbocycles. The summed E-state index contributed by atoms with van der Waals surface area (Å²) in [5.74, 6) is 0.748. The third-order valence-electron chi connectivity index (χ3n) is 6.74. The molecule has 1 atom stereocenters. The number of ether oxygens (including phenoxy) is 1. The number of sulfonamides is 1. The number of halogens is 1. The number of rotatable bonds is 8. The molecule has 2 aromatic heterocycles. The number of anilines is 1. The molecule has 2 heterocycles. The van der Waals surface area contributed by atoms with Crippen LogP contribution in [0.1, 0.15) is 35.9 Å². The minimum Gasteiger partial charge on any atom is -0.488 e. The van der Waals surface area contributed by atoms with Crippen LogP contribution in [0.4, 0.5) is 5.88 Å². The molecule has 4 aromatic rings. The molecule has 0 spiro atoms. The predicted octanol–water partition coefficient (Wildman–Crippen LogP) is 6.57. The van der Waals surface area contributed by atoms with Crippen molar-refractivity contribution in [1.82, 2.24) is 10.1 Å². The Hall–Kier alpha value is -3.62. The van der Waals surface area contributed by atoms with Crippen molar-refractivity contribution in [3.05, 3.63) is 101 Å². The molecule has 0 bridgehead atoms. The van der Waals surface area contributed by atoms with Crippen molar-refractivity contribution >= 4 is 44.0 Å². The van der Waals surface area contributed by atoms with E-state index >= 15 is 0 Å². The zero-order valence-electron chi connectivity index (χ0n) is 21.4. The first-order chi connectivity index (χ1) is 18.2. The van der Waals surface area contributed by atoms with Crippen LogP contribution in [0.15, 0.2) is 82.9 Å². The summed E-state index contributed by atoms with van der Waals surface area (Å²) in [6.07, 6.45) is 4.42. The van der Waals surface area contributed by atoms with Crippen molar-refractivity contribution in [3.63, 3.8) is 0 Å². The van der Waals surface area contributed by atoms with Crippen LogP contribution in [0, 0.1) is 13.8 Å². The predicted molar refractivity (Wildman–Crippen MR) is 151 cm³/mol. The number of para-hydroxylation sites is 1. The molecule has 2 aromatic carbocycles. The molecule has 1 N–H and O–H groups in total. The van der Waals surface area contributed by atoms with E-state index in [0.29, 0.717) is 28.1 Å². The van der Waals surface area contributed by atoms with Gasteiger partial charge in [0.15, 0.2) is 4.21 Å². The summed E-state index contributed by atoms with van der Waals surface area (Å²) < 4.78 is 39.9. The summed E-state index contributed by atoms with van der Waals surface area (Å²) in [5, 5.41) is 4.76. The Morgan fingerprint density at radius 2 is 1.82 bits per heavy atom. The Labute approximate surface area is 227 Å². The van der Waals surface area contributed by atoms with E-state index in [4.69, 9.17) is 20.9 Å². The van der Waals surface area contributed by atoms with Crippen molar-refractivity contribution in [2.24, 2.45) is 0 Å². The normalized spacial score (nSPS) is 17.7. The van der Waals surface area contributed by atoms with Gasteiger partial charge in [0.05, 0.1) is 11.2 Å². The first kappa shape index (κ1) is 26.0. The lowest BCUT2D eigenvalue weighted by Gasteiger charge is -2.33. The SMILES string of the molecule is CCc1cc(OCC2=CC=C(c3ccccc3)C(Cl)(S(=O)(=O)Nc3onc(C)c3C)C2)c2ccccc2n1. The van der Waals surface area contributed by atoms with E-state index in [-0.39, 0.29) is 18.9 Å². The van der Waals surface area contributed by atoms with Crippen LogP contribution in [0.5, 0.6) is 5.75 Å². The van der Waals surface area contributed by atoms with E-state index in [1.807, 2.05) is 73.7 Å². The van der Waals surface area contributed by atoms with Gasteiger partial charge in [-0.1, -0.05) is 78.3 Å². The molecule has 1 aliphatic rings. The summed E-state index contributed by atoms with van der Waals surface area (Å²) in [7, 11) is -4.20. The monoisotopic (exact) mass is 549 g/mol. The topological polar surface area (TPSA) is 94.3 Å². The highest BCUT2D eigenvalue weighted by atomic mass is 35.5. The summed E-state index contributed by atoms with van der Waals surface area (Å²) in [6.45, 7) is 5.69. The van der Waals surface area contributed by atoms with Crippen LogP contribution in [0.3, 0.4) is 0 Å². The Kier molecular flexibility index (Phi) is 7.03. The number of hydrogen-bond acceptors (Lipinski definition) is 6. The lowest BCUT2D eigenvalue weighted by Crippen LogP contribution is -2.40. The van der Waals surface area contributed by atoms with Gasteiger partial charge in [-0.15, -0.1) is 0 Å². The van der Waals surface area contributed by atoms with Crippen LogP contribution in [0.2, 0.25) is 0 Å². The van der Waals surface area contributed by atoms with Gasteiger partial charge in [-0.25, -0.2) is 13.1 Å². The standard InChI is InChI=1S/C29H28ClN3O4S/c1-4-23-16-27(24-12-8-9-13-26(24)31-23)36-18-21-14-15-25(22-10-6-5-7-11-22)29(30,17-21)38(34,35)33-28-19(2)20(3)32-37-28/h5-16,33H,4,17-18H2,1-3H3. The van der Waals surface area contributed by atoms with Gasteiger partial charge in [0.2, 0.25) is 5.88 Å². The minimum atomic E-state index is -4.20. The maximum atomic E-state index is 13.9. The molecule has 0 amide bonds. The average Bonchev–Trinajstić information content (AvgIpc) is 3.23. The summed E-state index contributed by atoms with van der Waals surface area (Å²) in [4.78, 5) is 4.67. The molecule has 0 radical (unpaired) electrons. The van der Waals surface area contributed by atoms with Gasteiger partial charge < -0.3 is 9.26 Å². The van der Waals surface area contributed by atoms with E-state index in [9.17, 15) is 8.42 Å². The molecule has 0 fully saturated rings. The van der Waals surface area contributed by atoms with Crippen molar-refractivity contribution in [2.75, 3.05) is 11.3 Å². The van der Waals surface area contributed by atoms with Crippen molar-refractivity contribution in [3.8, 4) is 5.75 Å². The highest BCUT2D eigenvalue weighted by Gasteiger charge is 2.48. The zero-order chi connectivity index (χ0) is 26.9. The summed E-state index contributed by atoms with van der Waals surface area (Å²) in [6, 6.07) is 19.0. The second-order valence-electron chi connectivity index (χ2n) is 9.28. The van der Waals surface area contributed by atoms with Gasteiger partial charge in [0.1, 0.15) is 12.4 Å². The third-order valence-corrected chi connectivity index (χ3v) is 9.36. The fraction of sp³-hybridized carbons (Fsp3) is 0.241. The van der Waals surface area contributed by atoms with Gasteiger partial charge in [-0.3, -0.25) is 4.98 Å². The van der Waals surface area contributed by atoms with Crippen LogP contribution in [-0.4, -0.2) is 29.4 Å². The highest BCUT2D eigenvalue weighted by Crippen LogP contribution is 2.46. The number of allylic oxidation sites excluding steroid dienone is 2. The number of alkyl halides is 1. The van der Waals surface area contributed by atoms with Gasteiger partial charge >= 0.3 is 0 Å². The fourth-order valence-corrected chi connectivity index (χ4v) is 6.33. The second kappa shape index (κ2) is 10.3. The average molecular weight is 550 g/mol. The number of benzene rings is 2. The van der Waals surface area contributed by atoms with E-state index in [1.54, 1.807) is 19.9 Å². The van der Waals surface area contributed by atoms with E-state index in [0.717, 1.165) is 28.6 Å². The molecule has 196 valence electrons. The molecule has 5 rings (SSSR count). The fourth-order valence-electron chi connectivity index (χ4n) is 4.42. The quantitative estimate of drug-likeness (QED) is 0.250. The first-order valence-electron chi connectivity index (χ1n) is 12.3. The van der Waals surface area contributed by atoms with Crippen molar-refractivity contribution < 1.29 is 17.7 Å². The molecule has 1 unspecified atom stereocenters. The lowest BCUT2D eigenvalue weighted by molar-refractivity contribution is 0.350. The van der Waals surface area contributed by atoms with Crippen LogP contribution in [0.25, 0.3) is 16.5 Å². The van der Waals surface area contributed by atoms with Gasteiger partial charge in [-0.2, -0.15) is 0 Å². The molecule has 9 heteroatoms. The van der Waals surface area contributed by atoms with Crippen LogP contribution < -0.4 is 9.46 Å². The Morgan fingerprint density at radius 3 is 2.53 bits per heavy atom. The largest absolute Gasteiger partial charge is 0.488 e. The van der Waals surface area contributed by atoms with Crippen LogP contribution in [-0.2, 0) is 16.4 Å². The van der Waals surface area contributed by atoms with E-state index in [1.165, 1.54) is 0 Å². The van der Waals surface area contributed by atoms with Gasteiger partial charge in [0.25, 0.3) is 10.0 Å². The molecular weight excluding hydrogens is 522 g/mol. The number of hydrogen-bond donors (Lipinski definition) is 1. The maximum absolute atomic E-state index is 13.9. The van der Waals surface area contributed by atoms with E-state index < -0.39 is 14.2 Å². The van der Waals surface area contributed by atoms with Crippen LogP contribution >= 0.6 is 11.6 Å². The molecule has 38 heavy (non-hydrogen) atoms. The number of aryl methyl sites for hydroxylation is 2. The third kappa shape index (κ3) is 4.81. The summed E-state index contributed by atoms with van der Waals surface area (Å²) >= 11 is 7.11. The zero-order valence-corrected chi connectivity index (χ0v) is 22.9. The number of aromatic nitrogens is 2. The minimum absolute atomic E-state index is 0.0143. The Balaban J connectivity index is 1.49. The Morgan fingerprint density at radius 1 is 1.08 bits per heavy atom. The molecule has 0 saturated heterocycles. The molecule has 0 aliphatic heterocycles. The summed E-state index contributed by atoms with van der Waals surface area (Å²) in [5.41, 5.74) is 4.87. The highest BCUT2D eigenvalue weighted by molar-refractivity contribution is 7.95. The van der Waals surface area contributed by atoms with Crippen molar-refractivity contribution in [2.45, 2.75) is 37.8 Å². The maximum Gasteiger partial charge on any atom is 0.259 e. The smallest absolute Gasteiger partial charge is 0.259 e. The second-order valence-corrected chi connectivity index (χ2v) is 12.1. The Bertz CT molecular complexity index is 1660. The molecular formula is C29H28ClN3O4S. The lowest BCUT2D eigenvalue weighted by atomic mass is 9.92. The first-order valence-corrected chi connectivity index (χ1v) is 14.2. The van der Waals surface area contributed by atoms with Gasteiger partial charge in [-0.05, 0) is 49.1 Å². The van der Waals surface area contributed by atoms with Gasteiger partial charge in [0, 0.05) is 29.1 Å². The number of pyridine rings is 1.